The van der Waals surface area contributed by atoms with Crippen LogP contribution < -0.4 is 0 Å². The number of aromatic amines is 1. The highest BCUT2D eigenvalue weighted by atomic mass is 35.5. The topological polar surface area (TPSA) is 28.7 Å². The second-order valence-corrected chi connectivity index (χ2v) is 3.01. The van der Waals surface area contributed by atoms with Crippen LogP contribution in [-0.4, -0.2) is 10.2 Å². The van der Waals surface area contributed by atoms with E-state index in [0.717, 1.165) is 0 Å². The molecule has 2 aromatic rings. The molecule has 4 heteroatoms. The molecule has 0 spiro atoms. The molecule has 0 amide bonds. The minimum Gasteiger partial charge on any atom is -0.266 e. The van der Waals surface area contributed by atoms with Crippen LogP contribution in [0.25, 0.3) is 10.9 Å². The maximum atomic E-state index is 13.3. The number of aryl methyl sites for hydroxylation is 1. The first-order valence-electron chi connectivity index (χ1n) is 3.49. The van der Waals surface area contributed by atoms with E-state index >= 15 is 0 Å². The normalized spacial score (nSPS) is 10.9. The minimum absolute atomic E-state index is 0.256. The lowest BCUT2D eigenvalue weighted by atomic mass is 10.2. The molecule has 12 heavy (non-hydrogen) atoms. The molecule has 0 radical (unpaired) electrons. The number of nitrogens with zero attached hydrogens (tertiary/aromatic N) is 1. The fourth-order valence-electron chi connectivity index (χ4n) is 1.14. The molecule has 0 bridgehead atoms. The van der Waals surface area contributed by atoms with Crippen molar-refractivity contribution in [3.63, 3.8) is 0 Å². The molecule has 2 rings (SSSR count). The van der Waals surface area contributed by atoms with Gasteiger partial charge < -0.3 is 0 Å². The van der Waals surface area contributed by atoms with Crippen molar-refractivity contribution in [1.82, 2.24) is 10.2 Å². The van der Waals surface area contributed by atoms with E-state index in [4.69, 9.17) is 11.6 Å². The Morgan fingerprint density at radius 1 is 1.50 bits per heavy atom. The van der Waals surface area contributed by atoms with Crippen molar-refractivity contribution in [2.24, 2.45) is 0 Å². The summed E-state index contributed by atoms with van der Waals surface area (Å²) >= 11 is 5.69. The van der Waals surface area contributed by atoms with Crippen molar-refractivity contribution in [3.8, 4) is 0 Å². The molecule has 0 fully saturated rings. The highest BCUT2D eigenvalue weighted by Gasteiger charge is 2.09. The molecule has 0 aliphatic rings. The van der Waals surface area contributed by atoms with Crippen molar-refractivity contribution < 1.29 is 4.39 Å². The summed E-state index contributed by atoms with van der Waals surface area (Å²) in [6.45, 7) is 1.69. The van der Waals surface area contributed by atoms with E-state index in [1.807, 2.05) is 0 Å². The van der Waals surface area contributed by atoms with Crippen LogP contribution >= 0.6 is 11.6 Å². The first kappa shape index (κ1) is 7.55. The van der Waals surface area contributed by atoms with E-state index in [1.165, 1.54) is 0 Å². The van der Waals surface area contributed by atoms with Crippen molar-refractivity contribution in [3.05, 3.63) is 28.7 Å². The van der Waals surface area contributed by atoms with Gasteiger partial charge in [0.15, 0.2) is 0 Å². The lowest BCUT2D eigenvalue weighted by Gasteiger charge is -1.95. The van der Waals surface area contributed by atoms with Gasteiger partial charge in [0.05, 0.1) is 10.9 Å². The maximum absolute atomic E-state index is 13.3. The van der Waals surface area contributed by atoms with Crippen LogP contribution in [0, 0.1) is 12.7 Å². The summed E-state index contributed by atoms with van der Waals surface area (Å²) in [7, 11) is 0. The zero-order valence-corrected chi connectivity index (χ0v) is 7.11. The molecule has 1 aromatic carbocycles. The summed E-state index contributed by atoms with van der Waals surface area (Å²) in [5.74, 6) is -0.300. The lowest BCUT2D eigenvalue weighted by Crippen LogP contribution is -1.82. The van der Waals surface area contributed by atoms with Gasteiger partial charge >= 0.3 is 0 Å². The fourth-order valence-corrected chi connectivity index (χ4v) is 1.36. The first-order chi connectivity index (χ1) is 5.70. The Labute approximate surface area is 73.3 Å². The largest absolute Gasteiger partial charge is 0.266 e. The average Bonchev–Trinajstić information content (AvgIpc) is 2.41. The summed E-state index contributed by atoms with van der Waals surface area (Å²) in [5.41, 5.74) is 1.13. The number of nitrogens with one attached hydrogen (secondary N) is 1. The third-order valence-electron chi connectivity index (χ3n) is 1.81. The van der Waals surface area contributed by atoms with E-state index in [1.54, 1.807) is 19.1 Å². The molecule has 0 saturated heterocycles. The molecule has 0 saturated carbocycles. The number of rotatable bonds is 0. The molecule has 0 unspecified atom stereocenters. The quantitative estimate of drug-likeness (QED) is 0.670. The molecule has 2 nitrogen and oxygen atoms in total. The van der Waals surface area contributed by atoms with Crippen LogP contribution in [0.3, 0.4) is 0 Å². The van der Waals surface area contributed by atoms with E-state index in [9.17, 15) is 4.39 Å². The molecule has 0 aliphatic carbocycles. The Balaban J connectivity index is 2.96. The molecule has 0 aliphatic heterocycles. The van der Waals surface area contributed by atoms with E-state index in [0.29, 0.717) is 16.5 Å². The zero-order chi connectivity index (χ0) is 8.72. The summed E-state index contributed by atoms with van der Waals surface area (Å²) in [6.07, 6.45) is 0. The van der Waals surface area contributed by atoms with Crippen LogP contribution in [0.2, 0.25) is 5.15 Å². The second kappa shape index (κ2) is 2.45. The Bertz CT molecular complexity index is 436. The fraction of sp³-hybridized carbons (Fsp3) is 0.125. The summed E-state index contributed by atoms with van der Waals surface area (Å²) in [5, 5.41) is 6.97. The molecule has 1 aromatic heterocycles. The molecule has 1 N–H and O–H groups in total. The predicted molar refractivity (Wildman–Crippen MR) is 45.8 cm³/mol. The van der Waals surface area contributed by atoms with Crippen LogP contribution in [0.15, 0.2) is 12.1 Å². The maximum Gasteiger partial charge on any atom is 0.138 e. The summed E-state index contributed by atoms with van der Waals surface area (Å²) in [4.78, 5) is 0. The second-order valence-electron chi connectivity index (χ2n) is 2.63. The standard InChI is InChI=1S/C8H6ClFN2/c1-4-2-3-5-6(7(4)10)8(9)12-11-5/h2-3H,1H3,(H,11,12). The molecule has 1 heterocycles. The highest BCUT2D eigenvalue weighted by molar-refractivity contribution is 6.34. The van der Waals surface area contributed by atoms with E-state index in [2.05, 4.69) is 10.2 Å². The number of aromatic nitrogens is 2. The number of hydrogen-bond acceptors (Lipinski definition) is 1. The summed E-state index contributed by atoms with van der Waals surface area (Å²) in [6, 6.07) is 3.41. The van der Waals surface area contributed by atoms with Crippen molar-refractivity contribution in [2.75, 3.05) is 0 Å². The van der Waals surface area contributed by atoms with Gasteiger partial charge in [-0.3, -0.25) is 5.10 Å². The Kier molecular flexibility index (Phi) is 1.54. The molecular weight excluding hydrogens is 179 g/mol. The minimum atomic E-state index is -0.300. The SMILES string of the molecule is Cc1ccc2n[nH]c(Cl)c2c1F. The average molecular weight is 185 g/mol. The van der Waals surface area contributed by atoms with Gasteiger partial charge in [-0.2, -0.15) is 5.10 Å². The van der Waals surface area contributed by atoms with Gasteiger partial charge in [-0.1, -0.05) is 17.7 Å². The van der Waals surface area contributed by atoms with E-state index < -0.39 is 0 Å². The van der Waals surface area contributed by atoms with Crippen LogP contribution in [0.5, 0.6) is 0 Å². The third-order valence-corrected chi connectivity index (χ3v) is 2.08. The van der Waals surface area contributed by atoms with Gasteiger partial charge in [0.2, 0.25) is 0 Å². The number of H-pyrrole nitrogens is 1. The van der Waals surface area contributed by atoms with Gasteiger partial charge in [0, 0.05) is 0 Å². The lowest BCUT2D eigenvalue weighted by molar-refractivity contribution is 0.631. The zero-order valence-electron chi connectivity index (χ0n) is 6.36. The van der Waals surface area contributed by atoms with Crippen LogP contribution in [-0.2, 0) is 0 Å². The monoisotopic (exact) mass is 184 g/mol. The van der Waals surface area contributed by atoms with Crippen molar-refractivity contribution >= 4 is 22.5 Å². The third kappa shape index (κ3) is 0.898. The van der Waals surface area contributed by atoms with Gasteiger partial charge in [-0.25, -0.2) is 4.39 Å². The van der Waals surface area contributed by atoms with Gasteiger partial charge in [0.25, 0.3) is 0 Å². The summed E-state index contributed by atoms with van der Waals surface area (Å²) < 4.78 is 13.3. The van der Waals surface area contributed by atoms with Crippen molar-refractivity contribution in [2.45, 2.75) is 6.92 Å². The highest BCUT2D eigenvalue weighted by Crippen LogP contribution is 2.25. The van der Waals surface area contributed by atoms with Gasteiger partial charge in [0.1, 0.15) is 11.0 Å². The van der Waals surface area contributed by atoms with Crippen LogP contribution in [0.1, 0.15) is 5.56 Å². The Hall–Kier alpha value is -1.09. The number of benzene rings is 1. The van der Waals surface area contributed by atoms with Gasteiger partial charge in [-0.15, -0.1) is 0 Å². The van der Waals surface area contributed by atoms with Crippen molar-refractivity contribution in [1.29, 1.82) is 0 Å². The van der Waals surface area contributed by atoms with E-state index in [-0.39, 0.29) is 11.0 Å². The molecule has 0 atom stereocenters. The molecule has 62 valence electrons. The molecular formula is C8H6ClFN2. The smallest absolute Gasteiger partial charge is 0.138 e. The Morgan fingerprint density at radius 2 is 2.25 bits per heavy atom. The van der Waals surface area contributed by atoms with Gasteiger partial charge in [-0.05, 0) is 18.6 Å². The Morgan fingerprint density at radius 3 is 3.00 bits per heavy atom. The number of fused-ring (bicyclic) bond motifs is 1. The predicted octanol–water partition coefficient (Wildman–Crippen LogP) is 2.66. The van der Waals surface area contributed by atoms with Crippen LogP contribution in [0.4, 0.5) is 4.39 Å². The first-order valence-corrected chi connectivity index (χ1v) is 3.86. The number of halogens is 2. The number of hydrogen-bond donors (Lipinski definition) is 1.